The van der Waals surface area contributed by atoms with Crippen LogP contribution in [0.25, 0.3) is 0 Å². The number of carbonyl (C=O) groups excluding carboxylic acids is 1. The van der Waals surface area contributed by atoms with Gasteiger partial charge in [0, 0.05) is 44.1 Å². The first-order chi connectivity index (χ1) is 15.1. The number of rotatable bonds is 9. The van der Waals surface area contributed by atoms with Crippen molar-refractivity contribution in [1.29, 1.82) is 0 Å². The molecule has 3 rings (SSSR count). The third-order valence-electron chi connectivity index (χ3n) is 5.40. The number of nitrogens with zero attached hydrogens (tertiary/aromatic N) is 2. The smallest absolute Gasteiger partial charge is 0.223 e. The number of halogens is 1. The number of phenolic OH excluding ortho intramolecular Hbond substituents is 1. The van der Waals surface area contributed by atoms with Gasteiger partial charge < -0.3 is 25.4 Å². The van der Waals surface area contributed by atoms with E-state index in [9.17, 15) is 9.90 Å². The molecule has 0 bridgehead atoms. The van der Waals surface area contributed by atoms with Gasteiger partial charge in [0.25, 0.3) is 0 Å². The van der Waals surface area contributed by atoms with E-state index in [1.54, 1.807) is 25.3 Å². The molecule has 0 aliphatic carbocycles. The highest BCUT2D eigenvalue weighted by molar-refractivity contribution is 14.0. The van der Waals surface area contributed by atoms with Crippen LogP contribution in [0.3, 0.4) is 0 Å². The zero-order valence-electron chi connectivity index (χ0n) is 18.7. The van der Waals surface area contributed by atoms with E-state index in [1.807, 2.05) is 30.0 Å². The van der Waals surface area contributed by atoms with Gasteiger partial charge in [0.2, 0.25) is 5.91 Å². The number of benzene rings is 2. The fraction of sp³-hybridized carbons (Fsp3) is 0.417. The second-order valence-electron chi connectivity index (χ2n) is 7.72. The van der Waals surface area contributed by atoms with Crippen LogP contribution in [0.5, 0.6) is 11.5 Å². The van der Waals surface area contributed by atoms with Crippen molar-refractivity contribution < 1.29 is 14.6 Å². The maximum absolute atomic E-state index is 12.4. The summed E-state index contributed by atoms with van der Waals surface area (Å²) in [6.07, 6.45) is 1.43. The number of phenols is 1. The first-order valence-corrected chi connectivity index (χ1v) is 10.8. The molecule has 3 N–H and O–H groups in total. The van der Waals surface area contributed by atoms with Crippen LogP contribution < -0.4 is 15.4 Å². The maximum atomic E-state index is 12.4. The van der Waals surface area contributed by atoms with E-state index >= 15 is 0 Å². The standard InChI is InChI=1S/C24H32N4O3.HI/c1-3-25-24(27-16-20-14-21(31-2)9-10-22(20)29)26-15-19-13-23(30)28(17-19)12-11-18-7-5-4-6-8-18;/h4-10,14,19,29H,3,11-13,15-17H2,1-2H3,(H2,25,26,27);1H. The van der Waals surface area contributed by atoms with Gasteiger partial charge in [-0.2, -0.15) is 0 Å². The number of aliphatic imine (C=N–C) groups is 1. The lowest BCUT2D eigenvalue weighted by molar-refractivity contribution is -0.127. The highest BCUT2D eigenvalue weighted by atomic mass is 127. The van der Waals surface area contributed by atoms with E-state index in [0.29, 0.717) is 36.8 Å². The molecule has 1 heterocycles. The summed E-state index contributed by atoms with van der Waals surface area (Å²) in [6, 6.07) is 15.4. The largest absolute Gasteiger partial charge is 0.508 e. The quantitative estimate of drug-likeness (QED) is 0.253. The van der Waals surface area contributed by atoms with Gasteiger partial charge in [0.15, 0.2) is 5.96 Å². The minimum absolute atomic E-state index is 0. The Kier molecular flexibility index (Phi) is 10.6. The zero-order valence-corrected chi connectivity index (χ0v) is 21.0. The Morgan fingerprint density at radius 1 is 1.22 bits per heavy atom. The molecule has 2 aromatic carbocycles. The van der Waals surface area contributed by atoms with E-state index in [1.165, 1.54) is 5.56 Å². The summed E-state index contributed by atoms with van der Waals surface area (Å²) in [4.78, 5) is 18.9. The Morgan fingerprint density at radius 3 is 2.72 bits per heavy atom. The minimum atomic E-state index is 0. The van der Waals surface area contributed by atoms with E-state index in [-0.39, 0.29) is 41.6 Å². The summed E-state index contributed by atoms with van der Waals surface area (Å²) in [5, 5.41) is 16.6. The molecule has 1 amide bonds. The Bertz CT molecular complexity index is 892. The number of carbonyl (C=O) groups is 1. The van der Waals surface area contributed by atoms with Crippen molar-refractivity contribution >= 4 is 35.8 Å². The molecule has 7 nitrogen and oxygen atoms in total. The topological polar surface area (TPSA) is 86.2 Å². The number of likely N-dealkylation sites (tertiary alicyclic amines) is 1. The van der Waals surface area contributed by atoms with Crippen LogP contribution in [0, 0.1) is 5.92 Å². The molecule has 0 saturated carbocycles. The maximum Gasteiger partial charge on any atom is 0.223 e. The van der Waals surface area contributed by atoms with Gasteiger partial charge in [-0.05, 0) is 37.1 Å². The second-order valence-corrected chi connectivity index (χ2v) is 7.72. The van der Waals surface area contributed by atoms with Crippen molar-refractivity contribution in [2.45, 2.75) is 26.3 Å². The van der Waals surface area contributed by atoms with Crippen LogP contribution in [0.1, 0.15) is 24.5 Å². The molecule has 8 heteroatoms. The summed E-state index contributed by atoms with van der Waals surface area (Å²) in [7, 11) is 1.59. The van der Waals surface area contributed by atoms with Crippen LogP contribution in [0.2, 0.25) is 0 Å². The number of amides is 1. The SMILES string of the molecule is CCNC(=NCc1cc(OC)ccc1O)NCC1CC(=O)N(CCc2ccccc2)C1.I. The Morgan fingerprint density at radius 2 is 2.00 bits per heavy atom. The number of hydrogen-bond acceptors (Lipinski definition) is 4. The lowest BCUT2D eigenvalue weighted by Crippen LogP contribution is -2.40. The molecule has 0 spiro atoms. The molecular formula is C24H33IN4O3. The summed E-state index contributed by atoms with van der Waals surface area (Å²) in [5.74, 6) is 2.00. The van der Waals surface area contributed by atoms with Crippen LogP contribution in [0.15, 0.2) is 53.5 Å². The molecule has 0 aromatic heterocycles. The van der Waals surface area contributed by atoms with Gasteiger partial charge in [-0.3, -0.25) is 4.79 Å². The molecule has 1 saturated heterocycles. The number of nitrogens with one attached hydrogen (secondary N) is 2. The van der Waals surface area contributed by atoms with Crippen molar-refractivity contribution in [3.63, 3.8) is 0 Å². The molecule has 1 fully saturated rings. The van der Waals surface area contributed by atoms with Crippen molar-refractivity contribution in [1.82, 2.24) is 15.5 Å². The van der Waals surface area contributed by atoms with E-state index in [0.717, 1.165) is 26.1 Å². The van der Waals surface area contributed by atoms with Gasteiger partial charge in [-0.25, -0.2) is 4.99 Å². The molecule has 1 atom stereocenters. The van der Waals surface area contributed by atoms with Crippen molar-refractivity contribution in [3.8, 4) is 11.5 Å². The van der Waals surface area contributed by atoms with E-state index in [2.05, 4.69) is 27.8 Å². The fourth-order valence-electron chi connectivity index (χ4n) is 3.68. The molecule has 2 aromatic rings. The molecule has 1 aliphatic heterocycles. The molecule has 1 unspecified atom stereocenters. The number of guanidine groups is 1. The van der Waals surface area contributed by atoms with Gasteiger partial charge in [0.1, 0.15) is 11.5 Å². The summed E-state index contributed by atoms with van der Waals surface area (Å²) < 4.78 is 5.22. The fourth-order valence-corrected chi connectivity index (χ4v) is 3.68. The third kappa shape index (κ3) is 7.58. The van der Waals surface area contributed by atoms with Gasteiger partial charge in [-0.15, -0.1) is 24.0 Å². The van der Waals surface area contributed by atoms with Crippen LogP contribution in [-0.4, -0.2) is 55.2 Å². The minimum Gasteiger partial charge on any atom is -0.508 e. The first kappa shape index (κ1) is 25.8. The predicted molar refractivity (Wildman–Crippen MR) is 138 cm³/mol. The predicted octanol–water partition coefficient (Wildman–Crippen LogP) is 3.17. The van der Waals surface area contributed by atoms with Gasteiger partial charge in [-0.1, -0.05) is 30.3 Å². The Hall–Kier alpha value is -2.49. The average Bonchev–Trinajstić information content (AvgIpc) is 3.15. The summed E-state index contributed by atoms with van der Waals surface area (Å²) >= 11 is 0. The third-order valence-corrected chi connectivity index (χ3v) is 5.40. The zero-order chi connectivity index (χ0) is 22.1. The molecule has 1 aliphatic rings. The first-order valence-electron chi connectivity index (χ1n) is 10.8. The number of ether oxygens (including phenoxy) is 1. The van der Waals surface area contributed by atoms with Crippen molar-refractivity contribution in [2.24, 2.45) is 10.9 Å². The Labute approximate surface area is 207 Å². The molecule has 32 heavy (non-hydrogen) atoms. The molecule has 174 valence electrons. The number of aromatic hydroxyl groups is 1. The van der Waals surface area contributed by atoms with Crippen molar-refractivity contribution in [3.05, 3.63) is 59.7 Å². The lowest BCUT2D eigenvalue weighted by atomic mass is 10.1. The van der Waals surface area contributed by atoms with E-state index < -0.39 is 0 Å². The van der Waals surface area contributed by atoms with Gasteiger partial charge in [0.05, 0.1) is 13.7 Å². The second kappa shape index (κ2) is 13.1. The number of hydrogen-bond donors (Lipinski definition) is 3. The van der Waals surface area contributed by atoms with Crippen LogP contribution >= 0.6 is 24.0 Å². The number of methoxy groups -OCH3 is 1. The molecule has 0 radical (unpaired) electrons. The normalized spacial score (nSPS) is 15.9. The van der Waals surface area contributed by atoms with Crippen LogP contribution in [-0.2, 0) is 17.8 Å². The molecular weight excluding hydrogens is 519 g/mol. The van der Waals surface area contributed by atoms with Gasteiger partial charge >= 0.3 is 0 Å². The Balaban J connectivity index is 0.00000363. The highest BCUT2D eigenvalue weighted by Gasteiger charge is 2.29. The lowest BCUT2D eigenvalue weighted by Gasteiger charge is -2.18. The van der Waals surface area contributed by atoms with Crippen molar-refractivity contribution in [2.75, 3.05) is 33.3 Å². The summed E-state index contributed by atoms with van der Waals surface area (Å²) in [5.41, 5.74) is 1.94. The monoisotopic (exact) mass is 552 g/mol. The van der Waals surface area contributed by atoms with E-state index in [4.69, 9.17) is 4.74 Å². The highest BCUT2D eigenvalue weighted by Crippen LogP contribution is 2.23. The average molecular weight is 552 g/mol. The summed E-state index contributed by atoms with van der Waals surface area (Å²) in [6.45, 7) is 5.24. The van der Waals surface area contributed by atoms with Crippen LogP contribution in [0.4, 0.5) is 0 Å².